The second kappa shape index (κ2) is 9.23. The molecule has 4 aromatic heterocycles. The Morgan fingerprint density at radius 2 is 1.91 bits per heavy atom. The number of hydrogen-bond donors (Lipinski definition) is 2. The molecule has 1 atom stereocenters. The monoisotopic (exact) mass is 495 g/mol. The lowest BCUT2D eigenvalue weighted by atomic mass is 10.1. The second-order valence-corrected chi connectivity index (χ2v) is 7.53. The number of urea groups is 1. The third-order valence-electron chi connectivity index (χ3n) is 4.66. The van der Waals surface area contributed by atoms with E-state index in [-0.39, 0.29) is 22.4 Å². The van der Waals surface area contributed by atoms with Gasteiger partial charge >= 0.3 is 12.2 Å². The molecular weight excluding hydrogens is 479 g/mol. The van der Waals surface area contributed by atoms with Gasteiger partial charge in [0.1, 0.15) is 5.56 Å². The molecule has 0 aliphatic carbocycles. The number of aromatic nitrogens is 7. The largest absolute Gasteiger partial charge is 0.420 e. The summed E-state index contributed by atoms with van der Waals surface area (Å²) in [7, 11) is 1.53. The fourth-order valence-corrected chi connectivity index (χ4v) is 3.50. The predicted molar refractivity (Wildman–Crippen MR) is 115 cm³/mol. The number of nitrogens with zero attached hydrogens (tertiary/aromatic N) is 7. The van der Waals surface area contributed by atoms with Gasteiger partial charge in [-0.25, -0.2) is 19.3 Å². The fraction of sp³-hybridized carbons (Fsp3) is 0.263. The van der Waals surface area contributed by atoms with Crippen LogP contribution in [0.2, 0.25) is 5.15 Å². The van der Waals surface area contributed by atoms with Gasteiger partial charge in [0, 0.05) is 19.1 Å². The Morgan fingerprint density at radius 3 is 2.59 bits per heavy atom. The highest BCUT2D eigenvalue weighted by Gasteiger charge is 2.36. The first kappa shape index (κ1) is 23.4. The Morgan fingerprint density at radius 1 is 1.18 bits per heavy atom. The van der Waals surface area contributed by atoms with Crippen LogP contribution >= 0.6 is 11.6 Å². The average Bonchev–Trinajstić information content (AvgIpc) is 3.42. The minimum atomic E-state index is -4.76. The number of carbonyl (C=O) groups excluding carboxylic acids is 1. The van der Waals surface area contributed by atoms with Crippen molar-refractivity contribution >= 4 is 34.7 Å². The maximum absolute atomic E-state index is 13.6. The number of amides is 2. The molecule has 15 heteroatoms. The highest BCUT2D eigenvalue weighted by molar-refractivity contribution is 6.29. The van der Waals surface area contributed by atoms with Gasteiger partial charge in [-0.15, -0.1) is 4.80 Å². The summed E-state index contributed by atoms with van der Waals surface area (Å²) in [6.45, 7) is 2.15. The van der Waals surface area contributed by atoms with Gasteiger partial charge in [-0.2, -0.15) is 28.5 Å². The zero-order valence-corrected chi connectivity index (χ0v) is 18.5. The van der Waals surface area contributed by atoms with Crippen molar-refractivity contribution in [2.75, 3.05) is 24.4 Å². The second-order valence-electron chi connectivity index (χ2n) is 7.14. The number of ether oxygens (including phenoxy) is 1. The molecule has 11 nitrogen and oxygen atoms in total. The number of anilines is 2. The Kier molecular flexibility index (Phi) is 6.34. The standard InChI is InChI=1S/C19H17ClF3N9O2/c1-10(9-34-2)16-13(8-24-15-6-14(20)30-31(15)16)29-18(33)28-11-5-12(19(21,22)23)17(25-7-11)32-26-3-4-27-32/h3-8,10H,9H2,1-2H3,(H2,28,29,33). The average molecular weight is 496 g/mol. The van der Waals surface area contributed by atoms with Crippen molar-refractivity contribution in [3.63, 3.8) is 0 Å². The van der Waals surface area contributed by atoms with Crippen molar-refractivity contribution in [3.05, 3.63) is 53.3 Å². The summed E-state index contributed by atoms with van der Waals surface area (Å²) in [5.74, 6) is -0.759. The van der Waals surface area contributed by atoms with Gasteiger partial charge in [-0.1, -0.05) is 18.5 Å². The van der Waals surface area contributed by atoms with Gasteiger partial charge in [0.25, 0.3) is 0 Å². The molecule has 34 heavy (non-hydrogen) atoms. The number of methoxy groups -OCH3 is 1. The first-order valence-corrected chi connectivity index (χ1v) is 10.1. The summed E-state index contributed by atoms with van der Waals surface area (Å²) < 4.78 is 47.4. The van der Waals surface area contributed by atoms with Crippen LogP contribution in [0, 0.1) is 0 Å². The van der Waals surface area contributed by atoms with E-state index in [0.717, 1.165) is 17.1 Å². The molecular formula is C19H17ClF3N9O2. The van der Waals surface area contributed by atoms with Crippen LogP contribution < -0.4 is 10.6 Å². The molecule has 4 aromatic rings. The van der Waals surface area contributed by atoms with Gasteiger partial charge in [-0.3, -0.25) is 0 Å². The Balaban J connectivity index is 1.63. The minimum absolute atomic E-state index is 0.191. The van der Waals surface area contributed by atoms with E-state index in [2.05, 4.69) is 35.9 Å². The number of hydrogen-bond acceptors (Lipinski definition) is 7. The number of carbonyl (C=O) groups is 1. The summed E-state index contributed by atoms with van der Waals surface area (Å²) in [5.41, 5.74) is -0.0388. The Labute approximate surface area is 194 Å². The first-order chi connectivity index (χ1) is 16.2. The van der Waals surface area contributed by atoms with E-state index < -0.39 is 23.6 Å². The van der Waals surface area contributed by atoms with Crippen LogP contribution in [0.4, 0.5) is 29.3 Å². The Bertz CT molecular complexity index is 1320. The molecule has 4 rings (SSSR count). The van der Waals surface area contributed by atoms with E-state index in [1.165, 1.54) is 30.2 Å². The van der Waals surface area contributed by atoms with E-state index in [1.54, 1.807) is 6.07 Å². The van der Waals surface area contributed by atoms with Gasteiger partial charge in [0.2, 0.25) is 0 Å². The number of rotatable bonds is 6. The lowest BCUT2D eigenvalue weighted by Gasteiger charge is -2.18. The van der Waals surface area contributed by atoms with E-state index >= 15 is 0 Å². The SMILES string of the molecule is COCC(C)c1c(NC(=O)Nc2cnc(-n3nccn3)c(C(F)(F)F)c2)cnc2cc(Cl)nn12. The van der Waals surface area contributed by atoms with Crippen LogP contribution in [-0.2, 0) is 10.9 Å². The van der Waals surface area contributed by atoms with E-state index in [1.807, 2.05) is 6.92 Å². The lowest BCUT2D eigenvalue weighted by molar-refractivity contribution is -0.137. The smallest absolute Gasteiger partial charge is 0.384 e. The molecule has 0 aliphatic heterocycles. The maximum atomic E-state index is 13.6. The molecule has 0 saturated carbocycles. The minimum Gasteiger partial charge on any atom is -0.384 e. The highest BCUT2D eigenvalue weighted by Crippen LogP contribution is 2.34. The van der Waals surface area contributed by atoms with Crippen molar-refractivity contribution in [2.24, 2.45) is 0 Å². The summed E-state index contributed by atoms with van der Waals surface area (Å²) >= 11 is 5.99. The molecule has 0 aliphatic rings. The van der Waals surface area contributed by atoms with Crippen LogP contribution in [0.1, 0.15) is 24.1 Å². The molecule has 0 radical (unpaired) electrons. The molecule has 0 spiro atoms. The van der Waals surface area contributed by atoms with Crippen LogP contribution in [0.5, 0.6) is 0 Å². The normalized spacial score (nSPS) is 12.6. The van der Waals surface area contributed by atoms with Crippen LogP contribution in [-0.4, -0.2) is 54.3 Å². The molecule has 0 aromatic carbocycles. The quantitative estimate of drug-likeness (QED) is 0.417. The molecule has 2 amide bonds. The molecule has 178 valence electrons. The van der Waals surface area contributed by atoms with Crippen LogP contribution in [0.15, 0.2) is 36.9 Å². The molecule has 0 fully saturated rings. The molecule has 1 unspecified atom stereocenters. The Hall–Kier alpha value is -3.78. The van der Waals surface area contributed by atoms with Gasteiger partial charge in [0.15, 0.2) is 16.6 Å². The van der Waals surface area contributed by atoms with Crippen LogP contribution in [0.25, 0.3) is 11.5 Å². The van der Waals surface area contributed by atoms with E-state index in [0.29, 0.717) is 17.9 Å². The van der Waals surface area contributed by atoms with Gasteiger partial charge in [-0.05, 0) is 6.07 Å². The summed E-state index contributed by atoms with van der Waals surface area (Å²) in [4.78, 5) is 21.4. The molecule has 2 N–H and O–H groups in total. The van der Waals surface area contributed by atoms with Gasteiger partial charge < -0.3 is 15.4 Å². The fourth-order valence-electron chi connectivity index (χ4n) is 3.33. The van der Waals surface area contributed by atoms with Crippen LogP contribution in [0.3, 0.4) is 0 Å². The van der Waals surface area contributed by atoms with Crippen molar-refractivity contribution in [2.45, 2.75) is 19.0 Å². The van der Waals surface area contributed by atoms with Crippen molar-refractivity contribution < 1.29 is 22.7 Å². The highest BCUT2D eigenvalue weighted by atomic mass is 35.5. The first-order valence-electron chi connectivity index (χ1n) is 9.72. The lowest BCUT2D eigenvalue weighted by Crippen LogP contribution is -2.23. The topological polar surface area (TPSA) is 124 Å². The van der Waals surface area contributed by atoms with E-state index in [9.17, 15) is 18.0 Å². The molecule has 0 saturated heterocycles. The third-order valence-corrected chi connectivity index (χ3v) is 4.85. The zero-order chi connectivity index (χ0) is 24.5. The van der Waals surface area contributed by atoms with E-state index in [4.69, 9.17) is 16.3 Å². The maximum Gasteiger partial charge on any atom is 0.420 e. The summed E-state index contributed by atoms with van der Waals surface area (Å²) in [5, 5.41) is 16.7. The van der Waals surface area contributed by atoms with Crippen molar-refractivity contribution in [3.8, 4) is 5.82 Å². The summed E-state index contributed by atoms with van der Waals surface area (Å²) in [6.07, 6.45) is 0.153. The predicted octanol–water partition coefficient (Wildman–Crippen LogP) is 3.77. The molecule has 4 heterocycles. The van der Waals surface area contributed by atoms with Crippen molar-refractivity contribution in [1.82, 2.24) is 34.6 Å². The molecule has 0 bridgehead atoms. The number of alkyl halides is 3. The third kappa shape index (κ3) is 4.77. The number of fused-ring (bicyclic) bond motifs is 1. The van der Waals surface area contributed by atoms with Gasteiger partial charge in [0.05, 0.1) is 48.5 Å². The number of halogens is 4. The number of nitrogens with one attached hydrogen (secondary N) is 2. The summed E-state index contributed by atoms with van der Waals surface area (Å²) in [6, 6.07) is 1.48. The van der Waals surface area contributed by atoms with Crippen molar-refractivity contribution in [1.29, 1.82) is 0 Å². The number of pyridine rings is 1. The zero-order valence-electron chi connectivity index (χ0n) is 17.7.